The molecule has 1 amide bonds. The zero-order valence-corrected chi connectivity index (χ0v) is 19.3. The van der Waals surface area contributed by atoms with Gasteiger partial charge in [-0.2, -0.15) is 0 Å². The van der Waals surface area contributed by atoms with Gasteiger partial charge in [0.25, 0.3) is 10.0 Å². The Balaban J connectivity index is 2.00. The number of carbonyl (C=O) groups excluding carboxylic acids is 1. The SMILES string of the molecule is COc1ccc(N(CC(=O)Nc2cc(C)cc(C)c2)S(=O)(=O)c2ccccc2)cc1OC. The minimum Gasteiger partial charge on any atom is -0.493 e. The molecule has 168 valence electrons. The van der Waals surface area contributed by atoms with Gasteiger partial charge in [0.1, 0.15) is 6.54 Å². The molecular formula is C24H26N2O5S. The van der Waals surface area contributed by atoms with E-state index >= 15 is 0 Å². The van der Waals surface area contributed by atoms with Gasteiger partial charge in [-0.25, -0.2) is 8.42 Å². The molecule has 0 heterocycles. The third-order valence-corrected chi connectivity index (χ3v) is 6.57. The van der Waals surface area contributed by atoms with Crippen LogP contribution in [0.4, 0.5) is 11.4 Å². The van der Waals surface area contributed by atoms with Gasteiger partial charge >= 0.3 is 0 Å². The van der Waals surface area contributed by atoms with Crippen LogP contribution in [0.1, 0.15) is 11.1 Å². The molecule has 1 N–H and O–H groups in total. The maximum absolute atomic E-state index is 13.5. The van der Waals surface area contributed by atoms with E-state index in [4.69, 9.17) is 9.47 Å². The van der Waals surface area contributed by atoms with E-state index < -0.39 is 22.5 Å². The summed E-state index contributed by atoms with van der Waals surface area (Å²) in [5.74, 6) is 0.338. The van der Waals surface area contributed by atoms with E-state index in [0.717, 1.165) is 15.4 Å². The van der Waals surface area contributed by atoms with Crippen LogP contribution in [0.5, 0.6) is 11.5 Å². The topological polar surface area (TPSA) is 84.9 Å². The quantitative estimate of drug-likeness (QED) is 0.553. The molecule has 3 aromatic rings. The Bertz CT molecular complexity index is 1190. The van der Waals surface area contributed by atoms with E-state index in [1.165, 1.54) is 32.4 Å². The average Bonchev–Trinajstić information content (AvgIpc) is 2.76. The molecule has 0 spiro atoms. The molecule has 7 nitrogen and oxygen atoms in total. The van der Waals surface area contributed by atoms with Crippen LogP contribution >= 0.6 is 0 Å². The zero-order chi connectivity index (χ0) is 23.3. The fraction of sp³-hybridized carbons (Fsp3) is 0.208. The first-order valence-electron chi connectivity index (χ1n) is 9.92. The van der Waals surface area contributed by atoms with Crippen molar-refractivity contribution < 1.29 is 22.7 Å². The van der Waals surface area contributed by atoms with E-state index in [1.807, 2.05) is 32.0 Å². The van der Waals surface area contributed by atoms with Gasteiger partial charge in [0.2, 0.25) is 5.91 Å². The highest BCUT2D eigenvalue weighted by Gasteiger charge is 2.28. The van der Waals surface area contributed by atoms with Crippen LogP contribution < -0.4 is 19.1 Å². The number of carbonyl (C=O) groups is 1. The molecule has 0 aliphatic heterocycles. The summed E-state index contributed by atoms with van der Waals surface area (Å²) in [5.41, 5.74) is 2.88. The monoisotopic (exact) mass is 454 g/mol. The third-order valence-electron chi connectivity index (χ3n) is 4.78. The average molecular weight is 455 g/mol. The van der Waals surface area contributed by atoms with Crippen LogP contribution in [0.25, 0.3) is 0 Å². The number of methoxy groups -OCH3 is 2. The summed E-state index contributed by atoms with van der Waals surface area (Å²) >= 11 is 0. The first kappa shape index (κ1) is 23.1. The van der Waals surface area contributed by atoms with E-state index in [2.05, 4.69) is 5.32 Å². The van der Waals surface area contributed by atoms with Crippen molar-refractivity contribution in [2.24, 2.45) is 0 Å². The molecule has 0 bridgehead atoms. The molecule has 3 rings (SSSR count). The number of amides is 1. The zero-order valence-electron chi connectivity index (χ0n) is 18.5. The lowest BCUT2D eigenvalue weighted by Crippen LogP contribution is -2.38. The number of hydrogen-bond acceptors (Lipinski definition) is 5. The van der Waals surface area contributed by atoms with E-state index in [9.17, 15) is 13.2 Å². The van der Waals surface area contributed by atoms with Gasteiger partial charge < -0.3 is 14.8 Å². The van der Waals surface area contributed by atoms with Crippen LogP contribution in [0.2, 0.25) is 0 Å². The molecule has 0 aliphatic carbocycles. The maximum Gasteiger partial charge on any atom is 0.264 e. The van der Waals surface area contributed by atoms with Gasteiger partial charge in [0.15, 0.2) is 11.5 Å². The number of nitrogens with zero attached hydrogens (tertiary/aromatic N) is 1. The smallest absolute Gasteiger partial charge is 0.264 e. The predicted octanol–water partition coefficient (Wildman–Crippen LogP) is 4.15. The largest absolute Gasteiger partial charge is 0.493 e. The molecular weight excluding hydrogens is 428 g/mol. The van der Waals surface area contributed by atoms with Crippen LogP contribution in [-0.2, 0) is 14.8 Å². The molecule has 0 saturated carbocycles. The minimum absolute atomic E-state index is 0.0778. The number of nitrogens with one attached hydrogen (secondary N) is 1. The molecule has 0 saturated heterocycles. The first-order valence-corrected chi connectivity index (χ1v) is 11.4. The molecule has 0 atom stereocenters. The van der Waals surface area contributed by atoms with Gasteiger partial charge in [0, 0.05) is 11.8 Å². The van der Waals surface area contributed by atoms with Crippen molar-refractivity contribution in [3.05, 3.63) is 77.9 Å². The van der Waals surface area contributed by atoms with Crippen molar-refractivity contribution >= 4 is 27.3 Å². The number of aryl methyl sites for hydroxylation is 2. The Kier molecular flexibility index (Phi) is 7.05. The fourth-order valence-corrected chi connectivity index (χ4v) is 4.83. The van der Waals surface area contributed by atoms with Crippen molar-refractivity contribution in [3.8, 4) is 11.5 Å². The Labute approximate surface area is 188 Å². The van der Waals surface area contributed by atoms with Crippen molar-refractivity contribution in [2.75, 3.05) is 30.4 Å². The van der Waals surface area contributed by atoms with Crippen LogP contribution in [0, 0.1) is 13.8 Å². The summed E-state index contributed by atoms with van der Waals surface area (Å²) in [6.45, 7) is 3.44. The highest BCUT2D eigenvalue weighted by atomic mass is 32.2. The van der Waals surface area contributed by atoms with Gasteiger partial charge in [-0.1, -0.05) is 24.3 Å². The number of anilines is 2. The number of ether oxygens (including phenoxy) is 2. The normalized spacial score (nSPS) is 11.0. The summed E-state index contributed by atoms with van der Waals surface area (Å²) < 4.78 is 38.5. The number of hydrogen-bond donors (Lipinski definition) is 1. The Morgan fingerprint density at radius 3 is 2.09 bits per heavy atom. The van der Waals surface area contributed by atoms with Crippen molar-refractivity contribution in [3.63, 3.8) is 0 Å². The number of sulfonamides is 1. The minimum atomic E-state index is -4.03. The second-order valence-electron chi connectivity index (χ2n) is 7.29. The molecule has 0 unspecified atom stereocenters. The Hall–Kier alpha value is -3.52. The highest BCUT2D eigenvalue weighted by Crippen LogP contribution is 2.33. The lowest BCUT2D eigenvalue weighted by Gasteiger charge is -2.25. The summed E-state index contributed by atoms with van der Waals surface area (Å²) in [4.78, 5) is 13.0. The molecule has 0 radical (unpaired) electrons. The third kappa shape index (κ3) is 5.20. The lowest BCUT2D eigenvalue weighted by atomic mass is 10.1. The molecule has 0 aliphatic rings. The number of rotatable bonds is 8. The van der Waals surface area contributed by atoms with Gasteiger partial charge in [0.05, 0.1) is 24.8 Å². The summed E-state index contributed by atoms with van der Waals surface area (Å²) in [6.07, 6.45) is 0. The molecule has 0 aromatic heterocycles. The Morgan fingerprint density at radius 1 is 0.875 bits per heavy atom. The van der Waals surface area contributed by atoms with Crippen molar-refractivity contribution in [1.82, 2.24) is 0 Å². The van der Waals surface area contributed by atoms with Crippen LogP contribution in [0.15, 0.2) is 71.6 Å². The van der Waals surface area contributed by atoms with Gasteiger partial charge in [-0.15, -0.1) is 0 Å². The second-order valence-corrected chi connectivity index (χ2v) is 9.15. The number of benzene rings is 3. The van der Waals surface area contributed by atoms with E-state index in [1.54, 1.807) is 30.3 Å². The predicted molar refractivity (Wildman–Crippen MR) is 125 cm³/mol. The maximum atomic E-state index is 13.5. The van der Waals surface area contributed by atoms with Crippen LogP contribution in [0.3, 0.4) is 0 Å². The summed E-state index contributed by atoms with van der Waals surface area (Å²) in [6, 6.07) is 18.3. The molecule has 0 fully saturated rings. The fourth-order valence-electron chi connectivity index (χ4n) is 3.39. The van der Waals surface area contributed by atoms with Crippen molar-refractivity contribution in [2.45, 2.75) is 18.7 Å². The van der Waals surface area contributed by atoms with E-state index in [0.29, 0.717) is 17.2 Å². The summed E-state index contributed by atoms with van der Waals surface area (Å²) in [7, 11) is -1.07. The second kappa shape index (κ2) is 9.74. The van der Waals surface area contributed by atoms with Gasteiger partial charge in [-0.3, -0.25) is 9.10 Å². The van der Waals surface area contributed by atoms with Crippen molar-refractivity contribution in [1.29, 1.82) is 0 Å². The summed E-state index contributed by atoms with van der Waals surface area (Å²) in [5, 5.41) is 2.80. The van der Waals surface area contributed by atoms with Crippen LogP contribution in [-0.4, -0.2) is 35.1 Å². The molecule has 32 heavy (non-hydrogen) atoms. The molecule has 8 heteroatoms. The standard InChI is InChI=1S/C24H26N2O5S/c1-17-12-18(2)14-19(13-17)25-24(27)16-26(32(28,29)21-8-6-5-7-9-21)20-10-11-22(30-3)23(15-20)31-4/h5-15H,16H2,1-4H3,(H,25,27). The Morgan fingerprint density at radius 2 is 1.50 bits per heavy atom. The first-order chi connectivity index (χ1) is 15.2. The highest BCUT2D eigenvalue weighted by molar-refractivity contribution is 7.92. The molecule has 3 aromatic carbocycles. The van der Waals surface area contributed by atoms with Gasteiger partial charge in [-0.05, 0) is 61.4 Å². The van der Waals surface area contributed by atoms with E-state index in [-0.39, 0.29) is 10.6 Å². The lowest BCUT2D eigenvalue weighted by molar-refractivity contribution is -0.114.